The Labute approximate surface area is 127 Å². The highest BCUT2D eigenvalue weighted by atomic mass is 32.2. The monoisotopic (exact) mass is 323 g/mol. The van der Waals surface area contributed by atoms with Crippen LogP contribution in [0.5, 0.6) is 0 Å². The number of benzene rings is 2. The van der Waals surface area contributed by atoms with E-state index in [4.69, 9.17) is 0 Å². The molecule has 0 heterocycles. The molecule has 0 atom stereocenters. The lowest BCUT2D eigenvalue weighted by molar-refractivity contribution is 0.262. The maximum absolute atomic E-state index is 13.0. The van der Waals surface area contributed by atoms with E-state index in [0.717, 1.165) is 6.26 Å². The van der Waals surface area contributed by atoms with Gasteiger partial charge in [-0.3, -0.25) is 4.72 Å². The minimum absolute atomic E-state index is 0.327. The van der Waals surface area contributed by atoms with Crippen LogP contribution in [-0.2, 0) is 10.0 Å². The third-order valence-electron chi connectivity index (χ3n) is 2.53. The summed E-state index contributed by atoms with van der Waals surface area (Å²) in [7, 11) is -3.34. The van der Waals surface area contributed by atoms with Crippen LogP contribution in [0.15, 0.2) is 48.5 Å². The van der Waals surface area contributed by atoms with Gasteiger partial charge in [0.15, 0.2) is 0 Å². The fourth-order valence-electron chi connectivity index (χ4n) is 1.70. The van der Waals surface area contributed by atoms with Gasteiger partial charge in [0.2, 0.25) is 10.0 Å². The number of hydrogen-bond donors (Lipinski definition) is 3. The lowest BCUT2D eigenvalue weighted by Gasteiger charge is -2.09. The molecule has 2 rings (SSSR count). The highest BCUT2D eigenvalue weighted by molar-refractivity contribution is 7.92. The summed E-state index contributed by atoms with van der Waals surface area (Å²) in [5, 5.41) is 5.03. The number of carbonyl (C=O) groups excluding carboxylic acids is 1. The molecule has 2 amide bonds. The molecular formula is C14H14FN3O3S. The van der Waals surface area contributed by atoms with Crippen molar-refractivity contribution in [2.75, 3.05) is 21.6 Å². The number of urea groups is 1. The summed E-state index contributed by atoms with van der Waals surface area (Å²) in [4.78, 5) is 11.8. The normalized spacial score (nSPS) is 10.8. The second-order valence-electron chi connectivity index (χ2n) is 4.54. The molecule has 0 saturated heterocycles. The molecule has 8 heteroatoms. The highest BCUT2D eigenvalue weighted by Gasteiger charge is 2.05. The van der Waals surface area contributed by atoms with Crippen LogP contribution >= 0.6 is 0 Å². The van der Waals surface area contributed by atoms with Crippen LogP contribution in [0, 0.1) is 5.82 Å². The Balaban J connectivity index is 1.97. The molecule has 0 aliphatic carbocycles. The number of nitrogens with one attached hydrogen (secondary N) is 3. The van der Waals surface area contributed by atoms with Crippen molar-refractivity contribution in [3.63, 3.8) is 0 Å². The Hall–Kier alpha value is -2.61. The van der Waals surface area contributed by atoms with E-state index in [1.807, 2.05) is 0 Å². The van der Waals surface area contributed by atoms with Gasteiger partial charge in [0, 0.05) is 17.1 Å². The summed E-state index contributed by atoms with van der Waals surface area (Å²) in [6, 6.07) is 11.1. The van der Waals surface area contributed by atoms with Crippen LogP contribution < -0.4 is 15.4 Å². The van der Waals surface area contributed by atoms with Gasteiger partial charge in [0.25, 0.3) is 0 Å². The van der Waals surface area contributed by atoms with E-state index in [2.05, 4.69) is 15.4 Å². The van der Waals surface area contributed by atoms with Crippen LogP contribution in [0.25, 0.3) is 0 Å². The van der Waals surface area contributed by atoms with Gasteiger partial charge in [-0.05, 0) is 42.5 Å². The average molecular weight is 323 g/mol. The van der Waals surface area contributed by atoms with Crippen LogP contribution in [0.3, 0.4) is 0 Å². The first-order valence-electron chi connectivity index (χ1n) is 6.23. The molecule has 2 aromatic carbocycles. The number of carbonyl (C=O) groups is 1. The number of hydrogen-bond acceptors (Lipinski definition) is 3. The smallest absolute Gasteiger partial charge is 0.308 e. The first-order chi connectivity index (χ1) is 10.3. The standard InChI is InChI=1S/C14H14FN3O3S/c1-22(20,21)18-12-7-5-11(6-8-12)16-14(19)17-13-4-2-3-10(15)9-13/h2-9,18H,1H3,(H2,16,17,19). The third kappa shape index (κ3) is 5.06. The number of anilines is 3. The Morgan fingerprint density at radius 1 is 0.955 bits per heavy atom. The van der Waals surface area contributed by atoms with Crippen molar-refractivity contribution < 1.29 is 17.6 Å². The molecule has 0 aliphatic heterocycles. The molecule has 0 unspecified atom stereocenters. The molecule has 0 radical (unpaired) electrons. The number of halogens is 1. The van der Waals surface area contributed by atoms with Crippen molar-refractivity contribution in [2.45, 2.75) is 0 Å². The van der Waals surface area contributed by atoms with E-state index in [0.29, 0.717) is 17.1 Å². The molecule has 0 bridgehead atoms. The largest absolute Gasteiger partial charge is 0.323 e. The summed E-state index contributed by atoms with van der Waals surface area (Å²) in [5.41, 5.74) is 1.18. The summed E-state index contributed by atoms with van der Waals surface area (Å²) in [6.45, 7) is 0. The molecule has 2 aromatic rings. The van der Waals surface area contributed by atoms with Crippen LogP contribution in [0.4, 0.5) is 26.2 Å². The second kappa shape index (κ2) is 6.44. The van der Waals surface area contributed by atoms with E-state index in [-0.39, 0.29) is 0 Å². The molecule has 0 aromatic heterocycles. The van der Waals surface area contributed by atoms with E-state index in [1.165, 1.54) is 30.3 Å². The quantitative estimate of drug-likeness (QED) is 0.808. The van der Waals surface area contributed by atoms with Crippen molar-refractivity contribution in [1.82, 2.24) is 0 Å². The predicted molar refractivity (Wildman–Crippen MR) is 83.9 cm³/mol. The van der Waals surface area contributed by atoms with Gasteiger partial charge in [0.1, 0.15) is 5.82 Å². The fourth-order valence-corrected chi connectivity index (χ4v) is 2.26. The van der Waals surface area contributed by atoms with Gasteiger partial charge in [0.05, 0.1) is 6.26 Å². The molecule has 0 aliphatic rings. The zero-order valence-electron chi connectivity index (χ0n) is 11.6. The maximum atomic E-state index is 13.0. The first kappa shape index (κ1) is 15.8. The molecule has 3 N–H and O–H groups in total. The molecule has 0 saturated carbocycles. The van der Waals surface area contributed by atoms with Gasteiger partial charge in [-0.15, -0.1) is 0 Å². The fraction of sp³-hybridized carbons (Fsp3) is 0.0714. The second-order valence-corrected chi connectivity index (χ2v) is 6.29. The minimum Gasteiger partial charge on any atom is -0.308 e. The Morgan fingerprint density at radius 2 is 1.55 bits per heavy atom. The Kier molecular flexibility index (Phi) is 4.62. The van der Waals surface area contributed by atoms with Gasteiger partial charge >= 0.3 is 6.03 Å². The lowest BCUT2D eigenvalue weighted by Crippen LogP contribution is -2.19. The molecule has 0 fully saturated rings. The topological polar surface area (TPSA) is 87.3 Å². The van der Waals surface area contributed by atoms with Crippen molar-refractivity contribution >= 4 is 33.1 Å². The van der Waals surface area contributed by atoms with E-state index < -0.39 is 21.9 Å². The van der Waals surface area contributed by atoms with Crippen molar-refractivity contribution in [1.29, 1.82) is 0 Å². The average Bonchev–Trinajstić information content (AvgIpc) is 2.39. The Morgan fingerprint density at radius 3 is 2.14 bits per heavy atom. The zero-order chi connectivity index (χ0) is 16.2. The van der Waals surface area contributed by atoms with E-state index in [1.54, 1.807) is 18.2 Å². The van der Waals surface area contributed by atoms with Crippen LogP contribution in [0.1, 0.15) is 0 Å². The zero-order valence-corrected chi connectivity index (χ0v) is 12.4. The van der Waals surface area contributed by atoms with Crippen molar-refractivity contribution in [2.24, 2.45) is 0 Å². The van der Waals surface area contributed by atoms with Crippen LogP contribution in [-0.4, -0.2) is 20.7 Å². The summed E-state index contributed by atoms with van der Waals surface area (Å²) in [5.74, 6) is -0.450. The van der Waals surface area contributed by atoms with Gasteiger partial charge in [-0.2, -0.15) is 0 Å². The van der Waals surface area contributed by atoms with E-state index >= 15 is 0 Å². The summed E-state index contributed by atoms with van der Waals surface area (Å²) in [6.07, 6.45) is 1.05. The minimum atomic E-state index is -3.34. The molecule has 116 valence electrons. The SMILES string of the molecule is CS(=O)(=O)Nc1ccc(NC(=O)Nc2cccc(F)c2)cc1. The van der Waals surface area contributed by atoms with Crippen molar-refractivity contribution in [3.05, 3.63) is 54.3 Å². The first-order valence-corrected chi connectivity index (χ1v) is 8.12. The van der Waals surface area contributed by atoms with Gasteiger partial charge in [-0.1, -0.05) is 6.07 Å². The predicted octanol–water partition coefficient (Wildman–Crippen LogP) is 2.84. The number of rotatable bonds is 4. The van der Waals surface area contributed by atoms with Gasteiger partial charge < -0.3 is 10.6 Å². The lowest BCUT2D eigenvalue weighted by atomic mass is 10.3. The molecule has 6 nitrogen and oxygen atoms in total. The molecule has 0 spiro atoms. The number of sulfonamides is 1. The van der Waals surface area contributed by atoms with Crippen LogP contribution in [0.2, 0.25) is 0 Å². The Bertz CT molecular complexity index is 776. The number of amides is 2. The molecule has 22 heavy (non-hydrogen) atoms. The van der Waals surface area contributed by atoms with E-state index in [9.17, 15) is 17.6 Å². The van der Waals surface area contributed by atoms with Crippen molar-refractivity contribution in [3.8, 4) is 0 Å². The summed E-state index contributed by atoms with van der Waals surface area (Å²) >= 11 is 0. The highest BCUT2D eigenvalue weighted by Crippen LogP contribution is 2.15. The molecular weight excluding hydrogens is 309 g/mol. The third-order valence-corrected chi connectivity index (χ3v) is 3.13. The summed E-state index contributed by atoms with van der Waals surface area (Å²) < 4.78 is 37.5. The maximum Gasteiger partial charge on any atom is 0.323 e. The van der Waals surface area contributed by atoms with Gasteiger partial charge in [-0.25, -0.2) is 17.6 Å².